The molecular weight excluding hydrogens is 251 g/mol. The molecular formula is C11H10F3NO3. The van der Waals surface area contributed by atoms with E-state index in [2.05, 4.69) is 0 Å². The van der Waals surface area contributed by atoms with E-state index in [1.807, 2.05) is 0 Å². The Kier molecular flexibility index (Phi) is 3.16. The Morgan fingerprint density at radius 3 is 2.44 bits per heavy atom. The Balaban J connectivity index is 2.26. The van der Waals surface area contributed by atoms with E-state index < -0.39 is 23.9 Å². The molecule has 1 unspecified atom stereocenters. The van der Waals surface area contributed by atoms with Crippen LogP contribution < -0.4 is 4.90 Å². The summed E-state index contributed by atoms with van der Waals surface area (Å²) in [6, 6.07) is 3.56. The van der Waals surface area contributed by atoms with Crippen molar-refractivity contribution >= 4 is 11.8 Å². The van der Waals surface area contributed by atoms with Gasteiger partial charge in [-0.15, -0.1) is 0 Å². The van der Waals surface area contributed by atoms with Crippen molar-refractivity contribution < 1.29 is 27.8 Å². The van der Waals surface area contributed by atoms with Crippen molar-refractivity contribution in [1.29, 1.82) is 0 Å². The average molecular weight is 261 g/mol. The molecule has 0 radical (unpaired) electrons. The lowest BCUT2D eigenvalue weighted by atomic mass is 10.1. The predicted octanol–water partition coefficient (Wildman–Crippen LogP) is 2.02. The number of amides is 1. The van der Waals surface area contributed by atoms with Crippen molar-refractivity contribution in [3.05, 3.63) is 29.8 Å². The number of aliphatic hydroxyl groups excluding tert-OH is 1. The average Bonchev–Trinajstić information content (AvgIpc) is 2.69. The number of alkyl halides is 3. The Morgan fingerprint density at radius 2 is 1.94 bits per heavy atom. The molecule has 0 spiro atoms. The lowest BCUT2D eigenvalue weighted by molar-refractivity contribution is -0.137. The normalized spacial score (nSPS) is 20.1. The van der Waals surface area contributed by atoms with Crippen molar-refractivity contribution in [3.8, 4) is 0 Å². The highest BCUT2D eigenvalue weighted by molar-refractivity contribution is 5.90. The second-order valence-electron chi connectivity index (χ2n) is 3.83. The van der Waals surface area contributed by atoms with Gasteiger partial charge in [0.1, 0.15) is 6.61 Å². The van der Waals surface area contributed by atoms with Crippen molar-refractivity contribution in [2.75, 3.05) is 18.1 Å². The van der Waals surface area contributed by atoms with E-state index in [-0.39, 0.29) is 18.9 Å². The van der Waals surface area contributed by atoms with Crippen LogP contribution in [0.1, 0.15) is 5.56 Å². The zero-order valence-electron chi connectivity index (χ0n) is 9.15. The van der Waals surface area contributed by atoms with Crippen LogP contribution in [0.2, 0.25) is 0 Å². The highest BCUT2D eigenvalue weighted by Gasteiger charge is 2.35. The third-order valence-corrected chi connectivity index (χ3v) is 2.64. The molecule has 98 valence electrons. The Hall–Kier alpha value is -1.76. The van der Waals surface area contributed by atoms with E-state index in [1.54, 1.807) is 0 Å². The van der Waals surface area contributed by atoms with E-state index in [0.29, 0.717) is 0 Å². The van der Waals surface area contributed by atoms with Crippen LogP contribution in [0.15, 0.2) is 24.3 Å². The fraction of sp³-hybridized carbons (Fsp3) is 0.364. The fourth-order valence-corrected chi connectivity index (χ4v) is 1.72. The molecule has 7 heteroatoms. The third kappa shape index (κ3) is 2.26. The molecule has 1 amide bonds. The van der Waals surface area contributed by atoms with Crippen LogP contribution in [0.25, 0.3) is 0 Å². The smallest absolute Gasteiger partial charge is 0.416 e. The van der Waals surface area contributed by atoms with Crippen molar-refractivity contribution in [3.63, 3.8) is 0 Å². The standard InChI is InChI=1S/C11H10F3NO3/c12-11(13,14)7-1-3-8(4-2-7)15-9(5-16)6-18-10(15)17/h1-4,9,16H,5-6H2. The SMILES string of the molecule is O=C1OCC(CO)N1c1ccc(C(F)(F)F)cc1. The molecule has 1 aliphatic heterocycles. The largest absolute Gasteiger partial charge is 0.447 e. The van der Waals surface area contributed by atoms with Crippen molar-refractivity contribution in [2.45, 2.75) is 12.2 Å². The van der Waals surface area contributed by atoms with E-state index in [1.165, 1.54) is 12.1 Å². The maximum atomic E-state index is 12.4. The van der Waals surface area contributed by atoms with Crippen LogP contribution in [-0.4, -0.2) is 30.5 Å². The molecule has 1 aromatic carbocycles. The van der Waals surface area contributed by atoms with Gasteiger partial charge in [0.2, 0.25) is 0 Å². The van der Waals surface area contributed by atoms with Gasteiger partial charge in [0.15, 0.2) is 0 Å². The van der Waals surface area contributed by atoms with Crippen LogP contribution in [-0.2, 0) is 10.9 Å². The second-order valence-corrected chi connectivity index (χ2v) is 3.83. The van der Waals surface area contributed by atoms with Gasteiger partial charge in [0, 0.05) is 5.69 Å². The zero-order chi connectivity index (χ0) is 13.3. The summed E-state index contributed by atoms with van der Waals surface area (Å²) in [6.07, 6.45) is -5.09. The Labute approximate surface area is 101 Å². The molecule has 1 fully saturated rings. The number of anilines is 1. The van der Waals surface area contributed by atoms with Crippen LogP contribution in [0.4, 0.5) is 23.7 Å². The molecule has 1 aliphatic rings. The topological polar surface area (TPSA) is 49.8 Å². The van der Waals surface area contributed by atoms with Gasteiger partial charge in [-0.25, -0.2) is 4.79 Å². The lowest BCUT2D eigenvalue weighted by Gasteiger charge is -2.20. The summed E-state index contributed by atoms with van der Waals surface area (Å²) in [5, 5.41) is 9.05. The molecule has 0 bridgehead atoms. The Morgan fingerprint density at radius 1 is 1.33 bits per heavy atom. The third-order valence-electron chi connectivity index (χ3n) is 2.64. The van der Waals surface area contributed by atoms with Crippen molar-refractivity contribution in [1.82, 2.24) is 0 Å². The summed E-state index contributed by atoms with van der Waals surface area (Å²) in [4.78, 5) is 12.5. The van der Waals surface area contributed by atoms with Gasteiger partial charge in [-0.3, -0.25) is 4.90 Å². The summed E-state index contributed by atoms with van der Waals surface area (Å²) in [5.41, 5.74) is -0.524. The van der Waals surface area contributed by atoms with Gasteiger partial charge >= 0.3 is 12.3 Å². The Bertz CT molecular complexity index is 444. The minimum Gasteiger partial charge on any atom is -0.447 e. The molecule has 0 aliphatic carbocycles. The van der Waals surface area contributed by atoms with Crippen LogP contribution >= 0.6 is 0 Å². The summed E-state index contributed by atoms with van der Waals surface area (Å²) < 4.78 is 41.8. The molecule has 0 aromatic heterocycles. The minimum absolute atomic E-state index is 0.0242. The summed E-state index contributed by atoms with van der Waals surface area (Å²) in [7, 11) is 0. The van der Waals surface area contributed by atoms with Crippen LogP contribution in [0.5, 0.6) is 0 Å². The van der Waals surface area contributed by atoms with Gasteiger partial charge in [-0.2, -0.15) is 13.2 Å². The first-order valence-electron chi connectivity index (χ1n) is 5.17. The maximum Gasteiger partial charge on any atom is 0.416 e. The number of ether oxygens (including phenoxy) is 1. The number of carbonyl (C=O) groups excluding carboxylic acids is 1. The van der Waals surface area contributed by atoms with Gasteiger partial charge in [-0.05, 0) is 24.3 Å². The number of aliphatic hydroxyl groups is 1. The molecule has 0 saturated carbocycles. The second kappa shape index (κ2) is 4.49. The number of hydrogen-bond acceptors (Lipinski definition) is 3. The molecule has 1 heterocycles. The van der Waals surface area contributed by atoms with Crippen molar-refractivity contribution in [2.24, 2.45) is 0 Å². The first-order valence-corrected chi connectivity index (χ1v) is 5.17. The van der Waals surface area contributed by atoms with Crippen LogP contribution in [0, 0.1) is 0 Å². The minimum atomic E-state index is -4.42. The number of benzene rings is 1. The monoisotopic (exact) mass is 261 g/mol. The molecule has 1 N–H and O–H groups in total. The molecule has 4 nitrogen and oxygen atoms in total. The summed E-state index contributed by atoms with van der Waals surface area (Å²) in [6.45, 7) is -0.289. The van der Waals surface area contributed by atoms with Crippen LogP contribution in [0.3, 0.4) is 0 Å². The number of cyclic esters (lactones) is 1. The number of hydrogen-bond donors (Lipinski definition) is 1. The van der Waals surface area contributed by atoms with Gasteiger partial charge in [0.25, 0.3) is 0 Å². The summed E-state index contributed by atoms with van der Waals surface area (Å²) >= 11 is 0. The highest BCUT2D eigenvalue weighted by Crippen LogP contribution is 2.31. The molecule has 18 heavy (non-hydrogen) atoms. The van der Waals surface area contributed by atoms with Gasteiger partial charge < -0.3 is 9.84 Å². The number of halogens is 3. The van der Waals surface area contributed by atoms with E-state index in [9.17, 15) is 18.0 Å². The fourth-order valence-electron chi connectivity index (χ4n) is 1.72. The van der Waals surface area contributed by atoms with E-state index in [0.717, 1.165) is 17.0 Å². The lowest BCUT2D eigenvalue weighted by Crippen LogP contribution is -2.36. The van der Waals surface area contributed by atoms with Gasteiger partial charge in [0.05, 0.1) is 18.2 Å². The zero-order valence-corrected chi connectivity index (χ0v) is 9.15. The highest BCUT2D eigenvalue weighted by atomic mass is 19.4. The quantitative estimate of drug-likeness (QED) is 0.886. The first kappa shape index (κ1) is 12.7. The van der Waals surface area contributed by atoms with E-state index >= 15 is 0 Å². The van der Waals surface area contributed by atoms with Gasteiger partial charge in [-0.1, -0.05) is 0 Å². The first-order chi connectivity index (χ1) is 8.43. The number of rotatable bonds is 2. The van der Waals surface area contributed by atoms with E-state index in [4.69, 9.17) is 9.84 Å². The molecule has 2 rings (SSSR count). The molecule has 1 saturated heterocycles. The predicted molar refractivity (Wildman–Crippen MR) is 56.1 cm³/mol. The number of nitrogens with zero attached hydrogens (tertiary/aromatic N) is 1. The number of carbonyl (C=O) groups is 1. The summed E-state index contributed by atoms with van der Waals surface area (Å²) in [5.74, 6) is 0. The maximum absolute atomic E-state index is 12.4. The molecule has 1 aromatic rings. The molecule has 1 atom stereocenters.